The third-order valence-corrected chi connectivity index (χ3v) is 3.86. The molecule has 0 bridgehead atoms. The van der Waals surface area contributed by atoms with Crippen LogP contribution >= 0.6 is 0 Å². The first-order valence-corrected chi connectivity index (χ1v) is 8.23. The predicted molar refractivity (Wildman–Crippen MR) is 95.3 cm³/mol. The lowest BCUT2D eigenvalue weighted by Crippen LogP contribution is -2.34. The number of para-hydroxylation sites is 1. The van der Waals surface area contributed by atoms with Crippen molar-refractivity contribution in [1.82, 2.24) is 0 Å². The number of ketones is 2. The zero-order valence-corrected chi connectivity index (χ0v) is 14.6. The summed E-state index contributed by atoms with van der Waals surface area (Å²) < 4.78 is 37.8. The second kappa shape index (κ2) is 7.96. The number of esters is 1. The van der Waals surface area contributed by atoms with Gasteiger partial charge in [-0.05, 0) is 42.8 Å². The molecule has 0 spiro atoms. The van der Waals surface area contributed by atoms with Gasteiger partial charge in [0.25, 0.3) is 0 Å². The van der Waals surface area contributed by atoms with Crippen LogP contribution in [-0.4, -0.2) is 17.5 Å². The number of benzene rings is 2. The van der Waals surface area contributed by atoms with Crippen LogP contribution in [0.5, 0.6) is 11.5 Å². The minimum Gasteiger partial charge on any atom is -0.451 e. The van der Waals surface area contributed by atoms with Crippen LogP contribution in [0.15, 0.2) is 60.4 Å². The highest BCUT2D eigenvalue weighted by Crippen LogP contribution is 2.27. The Labute approximate surface area is 158 Å². The molecule has 1 aliphatic heterocycles. The average molecular weight is 384 g/mol. The standard InChI is InChI=1S/C21H14F2O5/c1-12-10-17(25)20(21(26)27-12)16(24)8-6-13-7-9-19(15(23)11-13)28-18-5-3-2-4-14(18)22/h2-11,20H,1H3/b8-6+. The first-order chi connectivity index (χ1) is 13.3. The maximum absolute atomic E-state index is 14.2. The van der Waals surface area contributed by atoms with Crippen LogP contribution in [0.2, 0.25) is 0 Å². The summed E-state index contributed by atoms with van der Waals surface area (Å²) in [6.07, 6.45) is 3.33. The van der Waals surface area contributed by atoms with Crippen LogP contribution in [0.1, 0.15) is 12.5 Å². The molecule has 0 amide bonds. The average Bonchev–Trinajstić information content (AvgIpc) is 2.63. The number of carbonyl (C=O) groups excluding carboxylic acids is 3. The van der Waals surface area contributed by atoms with Crippen molar-refractivity contribution >= 4 is 23.6 Å². The molecule has 142 valence electrons. The van der Waals surface area contributed by atoms with E-state index in [0.29, 0.717) is 0 Å². The molecule has 28 heavy (non-hydrogen) atoms. The van der Waals surface area contributed by atoms with E-state index in [9.17, 15) is 23.2 Å². The quantitative estimate of drug-likeness (QED) is 0.443. The van der Waals surface area contributed by atoms with Gasteiger partial charge in [-0.2, -0.15) is 0 Å². The van der Waals surface area contributed by atoms with Crippen LogP contribution in [0.4, 0.5) is 8.78 Å². The van der Waals surface area contributed by atoms with Crippen LogP contribution < -0.4 is 4.74 Å². The SMILES string of the molecule is CC1=CC(=O)C(C(=O)/C=C/c2ccc(Oc3ccccc3F)c(F)c2)C(=O)O1. The summed E-state index contributed by atoms with van der Waals surface area (Å²) in [6.45, 7) is 1.43. The van der Waals surface area contributed by atoms with Gasteiger partial charge in [0.15, 0.2) is 40.6 Å². The van der Waals surface area contributed by atoms with E-state index in [-0.39, 0.29) is 22.8 Å². The maximum atomic E-state index is 14.2. The Morgan fingerprint density at radius 2 is 1.79 bits per heavy atom. The van der Waals surface area contributed by atoms with E-state index in [1.807, 2.05) is 0 Å². The van der Waals surface area contributed by atoms with Crippen LogP contribution in [0.25, 0.3) is 6.08 Å². The summed E-state index contributed by atoms with van der Waals surface area (Å²) in [5.74, 6) is -5.55. The van der Waals surface area contributed by atoms with Gasteiger partial charge in [0.1, 0.15) is 5.76 Å². The molecular weight excluding hydrogens is 370 g/mol. The molecule has 0 N–H and O–H groups in total. The minimum atomic E-state index is -1.56. The molecule has 7 heteroatoms. The molecule has 0 fully saturated rings. The molecule has 0 saturated heterocycles. The first kappa shape index (κ1) is 19.2. The van der Waals surface area contributed by atoms with E-state index in [4.69, 9.17) is 9.47 Å². The van der Waals surface area contributed by atoms with Crippen molar-refractivity contribution in [3.05, 3.63) is 77.6 Å². The van der Waals surface area contributed by atoms with Gasteiger partial charge >= 0.3 is 5.97 Å². The fourth-order valence-electron chi connectivity index (χ4n) is 2.53. The number of carbonyl (C=O) groups is 3. The summed E-state index contributed by atoms with van der Waals surface area (Å²) in [7, 11) is 0. The lowest BCUT2D eigenvalue weighted by molar-refractivity contribution is -0.151. The van der Waals surface area contributed by atoms with Crippen molar-refractivity contribution in [2.75, 3.05) is 0 Å². The Morgan fingerprint density at radius 3 is 2.46 bits per heavy atom. The monoisotopic (exact) mass is 384 g/mol. The van der Waals surface area contributed by atoms with Crippen LogP contribution in [0, 0.1) is 17.6 Å². The molecule has 1 atom stereocenters. The van der Waals surface area contributed by atoms with Gasteiger partial charge in [-0.1, -0.05) is 24.3 Å². The van der Waals surface area contributed by atoms with Gasteiger partial charge in [0, 0.05) is 6.08 Å². The van der Waals surface area contributed by atoms with Crippen molar-refractivity contribution in [2.45, 2.75) is 6.92 Å². The molecule has 1 heterocycles. The zero-order valence-electron chi connectivity index (χ0n) is 14.6. The van der Waals surface area contributed by atoms with Crippen LogP contribution in [0.3, 0.4) is 0 Å². The van der Waals surface area contributed by atoms with E-state index in [1.165, 1.54) is 43.3 Å². The number of rotatable bonds is 5. The smallest absolute Gasteiger partial charge is 0.329 e. The van der Waals surface area contributed by atoms with Crippen molar-refractivity contribution < 1.29 is 32.6 Å². The van der Waals surface area contributed by atoms with Crippen molar-refractivity contribution in [3.8, 4) is 11.5 Å². The Bertz CT molecular complexity index is 1020. The summed E-state index contributed by atoms with van der Waals surface area (Å²) in [4.78, 5) is 35.7. The molecular formula is C21H14F2O5. The molecule has 0 saturated carbocycles. The number of cyclic esters (lactones) is 1. The number of allylic oxidation sites excluding steroid dienone is 3. The summed E-state index contributed by atoms with van der Waals surface area (Å²) >= 11 is 0. The van der Waals surface area contributed by atoms with Crippen molar-refractivity contribution in [2.24, 2.45) is 5.92 Å². The summed E-state index contributed by atoms with van der Waals surface area (Å²) in [6, 6.07) is 9.36. The third-order valence-electron chi connectivity index (χ3n) is 3.86. The minimum absolute atomic E-state index is 0.121. The normalized spacial score (nSPS) is 16.7. The number of hydrogen-bond donors (Lipinski definition) is 0. The van der Waals surface area contributed by atoms with Gasteiger partial charge < -0.3 is 9.47 Å². The van der Waals surface area contributed by atoms with E-state index in [2.05, 4.69) is 0 Å². The van der Waals surface area contributed by atoms with E-state index in [0.717, 1.165) is 18.2 Å². The predicted octanol–water partition coefficient (Wildman–Crippen LogP) is 3.99. The highest BCUT2D eigenvalue weighted by atomic mass is 19.1. The van der Waals surface area contributed by atoms with E-state index >= 15 is 0 Å². The van der Waals surface area contributed by atoms with Gasteiger partial charge in [0.2, 0.25) is 0 Å². The highest BCUT2D eigenvalue weighted by molar-refractivity contribution is 6.25. The summed E-state index contributed by atoms with van der Waals surface area (Å²) in [5, 5.41) is 0. The van der Waals surface area contributed by atoms with Crippen molar-refractivity contribution in [3.63, 3.8) is 0 Å². The first-order valence-electron chi connectivity index (χ1n) is 8.23. The van der Waals surface area contributed by atoms with Gasteiger partial charge in [-0.15, -0.1) is 0 Å². The van der Waals surface area contributed by atoms with Crippen LogP contribution in [-0.2, 0) is 19.1 Å². The largest absolute Gasteiger partial charge is 0.451 e. The Balaban J connectivity index is 1.74. The molecule has 2 aromatic rings. The lowest BCUT2D eigenvalue weighted by Gasteiger charge is -2.15. The highest BCUT2D eigenvalue weighted by Gasteiger charge is 2.36. The molecule has 1 unspecified atom stereocenters. The molecule has 2 aromatic carbocycles. The van der Waals surface area contributed by atoms with Crippen molar-refractivity contribution in [1.29, 1.82) is 0 Å². The molecule has 0 aromatic heterocycles. The maximum Gasteiger partial charge on any atom is 0.329 e. The third kappa shape index (κ3) is 4.20. The Kier molecular flexibility index (Phi) is 5.44. The second-order valence-corrected chi connectivity index (χ2v) is 5.97. The topological polar surface area (TPSA) is 69.7 Å². The Hall–Kier alpha value is -3.61. The van der Waals surface area contributed by atoms with Gasteiger partial charge in [0.05, 0.1) is 0 Å². The molecule has 5 nitrogen and oxygen atoms in total. The molecule has 3 rings (SSSR count). The zero-order chi connectivity index (χ0) is 20.3. The molecule has 1 aliphatic rings. The number of halogens is 2. The Morgan fingerprint density at radius 1 is 1.07 bits per heavy atom. The molecule has 0 radical (unpaired) electrons. The van der Waals surface area contributed by atoms with Gasteiger partial charge in [-0.3, -0.25) is 14.4 Å². The number of hydrogen-bond acceptors (Lipinski definition) is 5. The van der Waals surface area contributed by atoms with E-state index in [1.54, 1.807) is 6.07 Å². The van der Waals surface area contributed by atoms with E-state index < -0.39 is 35.1 Å². The lowest BCUT2D eigenvalue weighted by atomic mass is 9.96. The van der Waals surface area contributed by atoms with Gasteiger partial charge in [-0.25, -0.2) is 8.78 Å². The second-order valence-electron chi connectivity index (χ2n) is 5.97. The summed E-state index contributed by atoms with van der Waals surface area (Å²) in [5.41, 5.74) is 0.287. The number of ether oxygens (including phenoxy) is 2. The fraction of sp³-hybridized carbons (Fsp3) is 0.0952. The molecule has 0 aliphatic carbocycles. The fourth-order valence-corrected chi connectivity index (χ4v) is 2.53.